The van der Waals surface area contributed by atoms with Gasteiger partial charge in [0.1, 0.15) is 17.1 Å². The van der Waals surface area contributed by atoms with E-state index in [1.165, 1.54) is 6.08 Å². The van der Waals surface area contributed by atoms with Crippen molar-refractivity contribution in [2.75, 3.05) is 13.2 Å². The second kappa shape index (κ2) is 9.23. The van der Waals surface area contributed by atoms with Crippen LogP contribution < -0.4 is 9.47 Å². The molecule has 0 amide bonds. The highest BCUT2D eigenvalue weighted by Gasteiger charge is 2.13. The van der Waals surface area contributed by atoms with Gasteiger partial charge in [-0.1, -0.05) is 13.8 Å². The second-order valence-corrected chi connectivity index (χ2v) is 6.30. The summed E-state index contributed by atoms with van der Waals surface area (Å²) in [6, 6.07) is 5.64. The van der Waals surface area contributed by atoms with Crippen LogP contribution in [0.15, 0.2) is 24.3 Å². The van der Waals surface area contributed by atoms with Crippen molar-refractivity contribution < 1.29 is 19.0 Å². The third-order valence-corrected chi connectivity index (χ3v) is 2.67. The van der Waals surface area contributed by atoms with Crippen molar-refractivity contribution in [1.29, 1.82) is 0 Å². The molecule has 0 heterocycles. The number of ether oxygens (including phenoxy) is 3. The van der Waals surface area contributed by atoms with Crippen LogP contribution >= 0.6 is 0 Å². The fourth-order valence-electron chi connectivity index (χ4n) is 1.80. The SMILES string of the molecule is CCCOc1cc(C=CC(=O)OC(C)(C)C)cc(OCCC)c1. The van der Waals surface area contributed by atoms with Crippen LogP contribution in [0.25, 0.3) is 6.08 Å². The Morgan fingerprint density at radius 2 is 1.52 bits per heavy atom. The Morgan fingerprint density at radius 1 is 1.00 bits per heavy atom. The normalized spacial score (nSPS) is 11.5. The fourth-order valence-corrected chi connectivity index (χ4v) is 1.80. The zero-order valence-electron chi connectivity index (χ0n) is 14.8. The molecule has 4 nitrogen and oxygen atoms in total. The molecule has 0 aliphatic carbocycles. The molecular weight excluding hydrogens is 292 g/mol. The summed E-state index contributed by atoms with van der Waals surface area (Å²) in [4.78, 5) is 11.8. The van der Waals surface area contributed by atoms with E-state index in [0.29, 0.717) is 13.2 Å². The third-order valence-electron chi connectivity index (χ3n) is 2.67. The average molecular weight is 320 g/mol. The van der Waals surface area contributed by atoms with Crippen molar-refractivity contribution in [2.45, 2.75) is 53.1 Å². The molecule has 0 aliphatic heterocycles. The van der Waals surface area contributed by atoms with Gasteiger partial charge in [0.25, 0.3) is 0 Å². The lowest BCUT2D eigenvalue weighted by atomic mass is 10.1. The Bertz CT molecular complexity index is 500. The molecular formula is C19H28O4. The minimum atomic E-state index is -0.497. The molecule has 0 aromatic heterocycles. The predicted molar refractivity (Wildman–Crippen MR) is 92.9 cm³/mol. The zero-order chi connectivity index (χ0) is 17.3. The van der Waals surface area contributed by atoms with Gasteiger partial charge in [-0.05, 0) is 57.4 Å². The summed E-state index contributed by atoms with van der Waals surface area (Å²) < 4.78 is 16.6. The molecule has 0 bridgehead atoms. The molecule has 0 N–H and O–H groups in total. The number of carbonyl (C=O) groups excluding carboxylic acids is 1. The molecule has 23 heavy (non-hydrogen) atoms. The van der Waals surface area contributed by atoms with E-state index in [0.717, 1.165) is 29.9 Å². The summed E-state index contributed by atoms with van der Waals surface area (Å²) in [6.45, 7) is 10.9. The lowest BCUT2D eigenvalue weighted by Crippen LogP contribution is -2.22. The summed E-state index contributed by atoms with van der Waals surface area (Å²) in [7, 11) is 0. The van der Waals surface area contributed by atoms with E-state index in [-0.39, 0.29) is 5.97 Å². The maximum Gasteiger partial charge on any atom is 0.331 e. The first-order chi connectivity index (χ1) is 10.8. The Hall–Kier alpha value is -1.97. The maximum atomic E-state index is 11.8. The van der Waals surface area contributed by atoms with Crippen LogP contribution in [0.3, 0.4) is 0 Å². The third kappa shape index (κ3) is 8.29. The highest BCUT2D eigenvalue weighted by molar-refractivity contribution is 5.87. The molecule has 0 atom stereocenters. The number of benzene rings is 1. The van der Waals surface area contributed by atoms with E-state index < -0.39 is 5.60 Å². The van der Waals surface area contributed by atoms with Gasteiger partial charge in [-0.15, -0.1) is 0 Å². The van der Waals surface area contributed by atoms with E-state index in [9.17, 15) is 4.79 Å². The average Bonchev–Trinajstić information content (AvgIpc) is 2.47. The first-order valence-electron chi connectivity index (χ1n) is 8.15. The number of carbonyl (C=O) groups is 1. The fraction of sp³-hybridized carbons (Fsp3) is 0.526. The number of rotatable bonds is 8. The van der Waals surface area contributed by atoms with Crippen LogP contribution in [0.5, 0.6) is 11.5 Å². The number of hydrogen-bond acceptors (Lipinski definition) is 4. The molecule has 4 heteroatoms. The van der Waals surface area contributed by atoms with Crippen molar-refractivity contribution in [1.82, 2.24) is 0 Å². The molecule has 0 unspecified atom stereocenters. The summed E-state index contributed by atoms with van der Waals surface area (Å²) in [5, 5.41) is 0. The lowest BCUT2D eigenvalue weighted by molar-refractivity contribution is -0.148. The summed E-state index contributed by atoms with van der Waals surface area (Å²) in [6.07, 6.45) is 5.01. The van der Waals surface area contributed by atoms with Crippen LogP contribution in [-0.2, 0) is 9.53 Å². The second-order valence-electron chi connectivity index (χ2n) is 6.30. The van der Waals surface area contributed by atoms with E-state index in [1.807, 2.05) is 39.0 Å². The predicted octanol–water partition coefficient (Wildman–Crippen LogP) is 4.62. The van der Waals surface area contributed by atoms with Gasteiger partial charge in [0, 0.05) is 12.1 Å². The molecule has 0 fully saturated rings. The topological polar surface area (TPSA) is 44.8 Å². The summed E-state index contributed by atoms with van der Waals surface area (Å²) >= 11 is 0. The highest BCUT2D eigenvalue weighted by atomic mass is 16.6. The standard InChI is InChI=1S/C19H28O4/c1-6-10-21-16-12-15(13-17(14-16)22-11-7-2)8-9-18(20)23-19(3,4)5/h8-9,12-14H,6-7,10-11H2,1-5H3. The largest absolute Gasteiger partial charge is 0.493 e. The Morgan fingerprint density at radius 3 is 1.96 bits per heavy atom. The maximum absolute atomic E-state index is 11.8. The molecule has 1 aromatic rings. The van der Waals surface area contributed by atoms with Crippen LogP contribution in [0, 0.1) is 0 Å². The smallest absolute Gasteiger partial charge is 0.331 e. The van der Waals surface area contributed by atoms with E-state index in [4.69, 9.17) is 14.2 Å². The van der Waals surface area contributed by atoms with Crippen LogP contribution in [0.2, 0.25) is 0 Å². The van der Waals surface area contributed by atoms with Crippen molar-refractivity contribution in [3.8, 4) is 11.5 Å². The van der Waals surface area contributed by atoms with E-state index in [1.54, 1.807) is 6.08 Å². The van der Waals surface area contributed by atoms with Gasteiger partial charge in [0.2, 0.25) is 0 Å². The van der Waals surface area contributed by atoms with E-state index in [2.05, 4.69) is 13.8 Å². The molecule has 0 saturated carbocycles. The quantitative estimate of drug-likeness (QED) is 0.518. The van der Waals surface area contributed by atoms with Gasteiger partial charge < -0.3 is 14.2 Å². The van der Waals surface area contributed by atoms with Crippen molar-refractivity contribution in [3.63, 3.8) is 0 Å². The first-order valence-corrected chi connectivity index (χ1v) is 8.15. The molecule has 0 saturated heterocycles. The Kier molecular flexibility index (Phi) is 7.66. The molecule has 128 valence electrons. The monoisotopic (exact) mass is 320 g/mol. The van der Waals surface area contributed by atoms with Crippen LogP contribution in [-0.4, -0.2) is 24.8 Å². The molecule has 1 aromatic carbocycles. The number of esters is 1. The van der Waals surface area contributed by atoms with Crippen molar-refractivity contribution in [2.24, 2.45) is 0 Å². The molecule has 0 spiro atoms. The van der Waals surface area contributed by atoms with Gasteiger partial charge in [-0.3, -0.25) is 0 Å². The number of hydrogen-bond donors (Lipinski definition) is 0. The van der Waals surface area contributed by atoms with Gasteiger partial charge in [0.15, 0.2) is 0 Å². The minimum absolute atomic E-state index is 0.367. The van der Waals surface area contributed by atoms with Crippen LogP contribution in [0.1, 0.15) is 53.0 Å². The van der Waals surface area contributed by atoms with E-state index >= 15 is 0 Å². The molecule has 0 radical (unpaired) electrons. The van der Waals surface area contributed by atoms with Gasteiger partial charge in [-0.2, -0.15) is 0 Å². The van der Waals surface area contributed by atoms with Crippen LogP contribution in [0.4, 0.5) is 0 Å². The molecule has 1 rings (SSSR count). The van der Waals surface area contributed by atoms with Crippen molar-refractivity contribution in [3.05, 3.63) is 29.8 Å². The zero-order valence-corrected chi connectivity index (χ0v) is 14.8. The van der Waals surface area contributed by atoms with Gasteiger partial charge in [0.05, 0.1) is 13.2 Å². The Balaban J connectivity index is 2.88. The first kappa shape index (κ1) is 19.1. The van der Waals surface area contributed by atoms with Gasteiger partial charge in [-0.25, -0.2) is 4.79 Å². The van der Waals surface area contributed by atoms with Crippen molar-refractivity contribution >= 4 is 12.0 Å². The van der Waals surface area contributed by atoms with Gasteiger partial charge >= 0.3 is 5.97 Å². The minimum Gasteiger partial charge on any atom is -0.493 e. The lowest BCUT2D eigenvalue weighted by Gasteiger charge is -2.17. The highest BCUT2D eigenvalue weighted by Crippen LogP contribution is 2.24. The molecule has 0 aliphatic rings. The summed E-state index contributed by atoms with van der Waals surface area (Å²) in [5.41, 5.74) is 0.346. The summed E-state index contributed by atoms with van der Waals surface area (Å²) in [5.74, 6) is 1.11. The Labute approximate surface area is 139 Å².